The van der Waals surface area contributed by atoms with Gasteiger partial charge in [0.05, 0.1) is 24.5 Å². The van der Waals surface area contributed by atoms with E-state index in [9.17, 15) is 14.7 Å². The van der Waals surface area contributed by atoms with Gasteiger partial charge in [-0.25, -0.2) is 19.2 Å². The molecule has 6 rings (SSSR count). The van der Waals surface area contributed by atoms with E-state index in [1.54, 1.807) is 35.0 Å². The summed E-state index contributed by atoms with van der Waals surface area (Å²) in [5, 5.41) is 13.8. The molecule has 0 bridgehead atoms. The lowest BCUT2D eigenvalue weighted by Crippen LogP contribution is -2.40. The summed E-state index contributed by atoms with van der Waals surface area (Å²) in [5.74, 6) is 0.312. The average molecular weight is 654 g/mol. The molecule has 4 heterocycles. The van der Waals surface area contributed by atoms with Gasteiger partial charge >= 0.3 is 12.0 Å². The van der Waals surface area contributed by atoms with E-state index in [2.05, 4.69) is 20.3 Å². The lowest BCUT2D eigenvalue weighted by atomic mass is 9.98. The number of hydrogen-bond donors (Lipinski definition) is 2. The quantitative estimate of drug-likeness (QED) is 0.195. The molecule has 0 spiro atoms. The molecule has 0 aliphatic carbocycles. The van der Waals surface area contributed by atoms with E-state index in [1.807, 2.05) is 76.2 Å². The number of rotatable bonds is 6. The largest absolute Gasteiger partial charge is 0.444 e. The molecule has 0 saturated carbocycles. The van der Waals surface area contributed by atoms with Crippen molar-refractivity contribution in [1.29, 1.82) is 0 Å². The zero-order valence-electron chi connectivity index (χ0n) is 26.9. The molecule has 0 saturated heterocycles. The summed E-state index contributed by atoms with van der Waals surface area (Å²) in [6.45, 7) is 8.12. The Bertz CT molecular complexity index is 2000. The van der Waals surface area contributed by atoms with E-state index in [1.165, 1.54) is 0 Å². The van der Waals surface area contributed by atoms with Crippen LogP contribution in [0.25, 0.3) is 22.0 Å². The highest BCUT2D eigenvalue weighted by Crippen LogP contribution is 2.34. The van der Waals surface area contributed by atoms with Gasteiger partial charge in [0.15, 0.2) is 5.82 Å². The van der Waals surface area contributed by atoms with Crippen LogP contribution in [0.4, 0.5) is 22.0 Å². The molecule has 0 fully saturated rings. The number of hydrogen-bond acceptors (Lipinski definition) is 8. The van der Waals surface area contributed by atoms with Crippen molar-refractivity contribution >= 4 is 51.9 Å². The zero-order valence-corrected chi connectivity index (χ0v) is 27.7. The molecular formula is C35H36ClN7O4. The summed E-state index contributed by atoms with van der Waals surface area (Å²) in [6, 6.07) is 17.1. The molecule has 242 valence electrons. The number of aliphatic hydroxyl groups excluding tert-OH is 1. The van der Waals surface area contributed by atoms with E-state index in [0.29, 0.717) is 35.7 Å². The van der Waals surface area contributed by atoms with Crippen molar-refractivity contribution in [2.75, 3.05) is 16.3 Å². The number of pyridine rings is 2. The first-order valence-corrected chi connectivity index (χ1v) is 15.6. The second kappa shape index (κ2) is 12.7. The number of carbonyl (C=O) groups excluding carboxylic acids is 2. The van der Waals surface area contributed by atoms with Gasteiger partial charge in [0.2, 0.25) is 5.82 Å². The second-order valence-corrected chi connectivity index (χ2v) is 12.9. The van der Waals surface area contributed by atoms with Crippen molar-refractivity contribution in [2.24, 2.45) is 7.05 Å². The summed E-state index contributed by atoms with van der Waals surface area (Å²) in [5.41, 5.74) is 6.46. The number of halogens is 1. The Hall–Kier alpha value is -5.00. The van der Waals surface area contributed by atoms with E-state index in [4.69, 9.17) is 16.5 Å². The van der Waals surface area contributed by atoms with Crippen LogP contribution in [0.2, 0.25) is 0 Å². The van der Waals surface area contributed by atoms with E-state index >= 15 is 0 Å². The molecule has 0 atom stereocenters. The van der Waals surface area contributed by atoms with Gasteiger partial charge < -0.3 is 24.6 Å². The first kappa shape index (κ1) is 32.0. The van der Waals surface area contributed by atoms with Crippen LogP contribution in [-0.4, -0.2) is 53.7 Å². The summed E-state index contributed by atoms with van der Waals surface area (Å²) < 4.78 is 8.36. The highest BCUT2D eigenvalue weighted by Gasteiger charge is 2.31. The van der Waals surface area contributed by atoms with Crippen molar-refractivity contribution in [3.05, 3.63) is 95.3 Å². The lowest BCUT2D eigenvalue weighted by molar-refractivity contribution is 0.0220. The Morgan fingerprint density at radius 2 is 1.89 bits per heavy atom. The van der Waals surface area contributed by atoms with Gasteiger partial charge in [0.1, 0.15) is 11.1 Å². The number of benzene rings is 2. The number of carbonyl (C=O) groups is 2. The molecule has 11 nitrogen and oxygen atoms in total. The predicted octanol–water partition coefficient (Wildman–Crippen LogP) is 6.67. The second-order valence-electron chi connectivity index (χ2n) is 12.5. The van der Waals surface area contributed by atoms with Crippen LogP contribution in [0.3, 0.4) is 0 Å². The predicted molar refractivity (Wildman–Crippen MR) is 182 cm³/mol. The fraction of sp³-hybridized carbons (Fsp3) is 0.286. The van der Waals surface area contributed by atoms with Gasteiger partial charge in [-0.1, -0.05) is 24.3 Å². The number of amides is 2. The molecule has 47 heavy (non-hydrogen) atoms. The number of aromatic nitrogens is 4. The number of imidazole rings is 1. The fourth-order valence-corrected chi connectivity index (χ4v) is 5.88. The number of nitrogens with zero attached hydrogens (tertiary/aromatic N) is 6. The van der Waals surface area contributed by atoms with Crippen LogP contribution in [-0.2, 0) is 31.4 Å². The van der Waals surface area contributed by atoms with Crippen LogP contribution < -0.4 is 9.74 Å². The summed E-state index contributed by atoms with van der Waals surface area (Å²) in [7, 11) is 1.79. The third kappa shape index (κ3) is 6.49. The van der Waals surface area contributed by atoms with E-state index in [-0.39, 0.29) is 19.0 Å². The van der Waals surface area contributed by atoms with Crippen molar-refractivity contribution < 1.29 is 19.4 Å². The fourth-order valence-electron chi connectivity index (χ4n) is 5.70. The Kier molecular flexibility index (Phi) is 8.61. The third-order valence-electron chi connectivity index (χ3n) is 8.09. The van der Waals surface area contributed by atoms with E-state index in [0.717, 1.165) is 43.4 Å². The average Bonchev–Trinajstić information content (AvgIpc) is 3.39. The molecule has 0 radical (unpaired) electrons. The van der Waals surface area contributed by atoms with Crippen LogP contribution in [0.5, 0.6) is 0 Å². The van der Waals surface area contributed by atoms with Gasteiger partial charge in [-0.05, 0) is 80.3 Å². The summed E-state index contributed by atoms with van der Waals surface area (Å²) in [6.07, 6.45) is 3.48. The maximum absolute atomic E-state index is 13.7. The van der Waals surface area contributed by atoms with Crippen molar-refractivity contribution in [2.45, 2.75) is 52.9 Å². The number of anilines is 3. The normalized spacial score (nSPS) is 13.0. The topological polar surface area (TPSA) is 126 Å². The highest BCUT2D eigenvalue weighted by atomic mass is 35.5. The maximum Gasteiger partial charge on any atom is 0.410 e. The first-order valence-electron chi connectivity index (χ1n) is 15.3. The van der Waals surface area contributed by atoms with Crippen LogP contribution in [0.15, 0.2) is 67.0 Å². The molecule has 2 amide bonds. The van der Waals surface area contributed by atoms with Crippen molar-refractivity contribution in [1.82, 2.24) is 24.4 Å². The summed E-state index contributed by atoms with van der Waals surface area (Å²) >= 11 is 6.70. The highest BCUT2D eigenvalue weighted by molar-refractivity contribution is 6.38. The molecule has 5 aromatic rings. The lowest BCUT2D eigenvalue weighted by Gasteiger charge is -2.29. The molecule has 0 unspecified atom stereocenters. The van der Waals surface area contributed by atoms with Gasteiger partial charge in [-0.15, -0.1) is 0 Å². The van der Waals surface area contributed by atoms with Gasteiger partial charge in [-0.2, -0.15) is 0 Å². The maximum atomic E-state index is 13.7. The molecule has 3 aromatic heterocycles. The summed E-state index contributed by atoms with van der Waals surface area (Å²) in [4.78, 5) is 41.6. The first-order chi connectivity index (χ1) is 22.4. The molecule has 1 aliphatic rings. The monoisotopic (exact) mass is 653 g/mol. The zero-order chi connectivity index (χ0) is 33.5. The minimum absolute atomic E-state index is 0.0854. The Labute approximate surface area is 277 Å². The Morgan fingerprint density at radius 1 is 1.11 bits per heavy atom. The van der Waals surface area contributed by atoms with Crippen molar-refractivity contribution in [3.8, 4) is 11.1 Å². The SMILES string of the molecule is Cc1c(Nc2nccc3cc(CO)cnc23)cccc1-c1cccc(N(Cl)C(=O)c2nc3c(n2C)CCN(C(=O)OC(C)(C)C)C3)c1. The smallest absolute Gasteiger partial charge is 0.410 e. The van der Waals surface area contributed by atoms with Gasteiger partial charge in [0, 0.05) is 61.0 Å². The minimum Gasteiger partial charge on any atom is -0.444 e. The van der Waals surface area contributed by atoms with Crippen LogP contribution >= 0.6 is 11.8 Å². The van der Waals surface area contributed by atoms with Crippen LogP contribution in [0.1, 0.15) is 53.9 Å². The molecule has 1 aliphatic heterocycles. The third-order valence-corrected chi connectivity index (χ3v) is 8.43. The van der Waals surface area contributed by atoms with E-state index < -0.39 is 17.6 Å². The molecule has 2 N–H and O–H groups in total. The number of ether oxygens (including phenoxy) is 1. The standard InChI is InChI=1S/C35H36ClN7O4/c1-21-26(10-7-11-27(21)39-31-30-24(12-14-37-31)16-22(20-44)18-38-30)23-8-6-9-25(17-23)43(36)33(45)32-40-28-19-42(15-13-29(28)41(32)5)34(46)47-35(2,3)4/h6-12,14,16-18,44H,13,15,19-20H2,1-5H3,(H,37,39). The number of fused-ring (bicyclic) bond motifs is 2. The van der Waals surface area contributed by atoms with Gasteiger partial charge in [-0.3, -0.25) is 9.78 Å². The molecular weight excluding hydrogens is 618 g/mol. The molecule has 12 heteroatoms. The Balaban J connectivity index is 1.23. The molecule has 2 aromatic carbocycles. The van der Waals surface area contributed by atoms with Crippen LogP contribution in [0, 0.1) is 6.92 Å². The minimum atomic E-state index is -0.607. The van der Waals surface area contributed by atoms with Crippen molar-refractivity contribution in [3.63, 3.8) is 0 Å². The number of aliphatic hydroxyl groups is 1. The van der Waals surface area contributed by atoms with Gasteiger partial charge in [0.25, 0.3) is 0 Å². The Morgan fingerprint density at radius 3 is 2.66 bits per heavy atom. The number of nitrogens with one attached hydrogen (secondary N) is 1.